The number of hydrogen-bond acceptors (Lipinski definition) is 6. The summed E-state index contributed by atoms with van der Waals surface area (Å²) >= 11 is 0. The number of sulfonamides is 1. The van der Waals surface area contributed by atoms with Crippen LogP contribution in [0.1, 0.15) is 18.3 Å². The lowest BCUT2D eigenvalue weighted by atomic mass is 10.3. The van der Waals surface area contributed by atoms with Gasteiger partial charge < -0.3 is 9.30 Å². The lowest BCUT2D eigenvalue weighted by molar-refractivity contribution is 0.0730. The zero-order valence-corrected chi connectivity index (χ0v) is 20.9. The van der Waals surface area contributed by atoms with Crippen LogP contribution in [0, 0.1) is 0 Å². The van der Waals surface area contributed by atoms with Gasteiger partial charge in [0.05, 0.1) is 47.6 Å². The van der Waals surface area contributed by atoms with E-state index >= 15 is 0 Å². The average molecular weight is 495 g/mol. The molecule has 1 aliphatic rings. The van der Waals surface area contributed by atoms with Crippen LogP contribution in [-0.2, 0) is 34.4 Å². The van der Waals surface area contributed by atoms with Gasteiger partial charge in [0.15, 0.2) is 0 Å². The minimum absolute atomic E-state index is 0.279. The molecular weight excluding hydrogens is 464 g/mol. The smallest absolute Gasteiger partial charge is 0.243 e. The Morgan fingerprint density at radius 2 is 1.83 bits per heavy atom. The minimum Gasteiger partial charge on any atom is -0.379 e. The van der Waals surface area contributed by atoms with Crippen molar-refractivity contribution in [3.63, 3.8) is 0 Å². The summed E-state index contributed by atoms with van der Waals surface area (Å²) in [6.07, 6.45) is 3.92. The number of hydrogen-bond donors (Lipinski definition) is 0. The van der Waals surface area contributed by atoms with Crippen LogP contribution in [-0.4, -0.2) is 70.3 Å². The van der Waals surface area contributed by atoms with Crippen molar-refractivity contribution < 1.29 is 13.2 Å². The van der Waals surface area contributed by atoms with E-state index in [0.717, 1.165) is 35.7 Å². The van der Waals surface area contributed by atoms with Crippen molar-refractivity contribution in [3.8, 4) is 5.69 Å². The summed E-state index contributed by atoms with van der Waals surface area (Å²) in [5.74, 6) is 0.904. The first kappa shape index (κ1) is 23.7. The zero-order valence-electron chi connectivity index (χ0n) is 20.0. The van der Waals surface area contributed by atoms with Gasteiger partial charge in [-0.3, -0.25) is 4.90 Å². The Morgan fingerprint density at radius 3 is 2.57 bits per heavy atom. The SMILES string of the molecule is CCn1c(CN(C)Cc2cnn(-c3ccccc3)c2)nc2cc(S(=O)(=O)N3CCOCC3)ccc21. The molecule has 9 nitrogen and oxygen atoms in total. The molecule has 3 heterocycles. The van der Waals surface area contributed by atoms with E-state index in [1.54, 1.807) is 12.1 Å². The molecule has 0 atom stereocenters. The summed E-state index contributed by atoms with van der Waals surface area (Å²) in [5.41, 5.74) is 3.77. The van der Waals surface area contributed by atoms with E-state index in [9.17, 15) is 8.42 Å². The van der Waals surface area contributed by atoms with Gasteiger partial charge in [0, 0.05) is 37.9 Å². The molecule has 0 radical (unpaired) electrons. The van der Waals surface area contributed by atoms with Gasteiger partial charge in [-0.15, -0.1) is 0 Å². The van der Waals surface area contributed by atoms with Crippen molar-refractivity contribution >= 4 is 21.1 Å². The van der Waals surface area contributed by atoms with E-state index in [4.69, 9.17) is 9.72 Å². The molecule has 5 rings (SSSR count). The Bertz CT molecular complexity index is 1410. The summed E-state index contributed by atoms with van der Waals surface area (Å²) in [6.45, 7) is 5.77. The van der Waals surface area contributed by atoms with Crippen LogP contribution in [0.4, 0.5) is 0 Å². The first-order chi connectivity index (χ1) is 17.0. The highest BCUT2D eigenvalue weighted by Gasteiger charge is 2.27. The fourth-order valence-corrected chi connectivity index (χ4v) is 5.93. The molecule has 0 unspecified atom stereocenters. The third-order valence-corrected chi connectivity index (χ3v) is 8.14. The molecular formula is C25H30N6O3S. The van der Waals surface area contributed by atoms with Crippen LogP contribution in [0.3, 0.4) is 0 Å². The van der Waals surface area contributed by atoms with Gasteiger partial charge in [-0.05, 0) is 44.3 Å². The molecule has 1 fully saturated rings. The molecule has 2 aromatic heterocycles. The van der Waals surface area contributed by atoms with E-state index in [1.807, 2.05) is 60.5 Å². The highest BCUT2D eigenvalue weighted by Crippen LogP contribution is 2.24. The predicted octanol–water partition coefficient (Wildman–Crippen LogP) is 2.89. The molecule has 0 N–H and O–H groups in total. The number of imidazole rings is 1. The number of nitrogens with zero attached hydrogens (tertiary/aromatic N) is 6. The maximum absolute atomic E-state index is 13.1. The van der Waals surface area contributed by atoms with Gasteiger partial charge in [-0.25, -0.2) is 18.1 Å². The van der Waals surface area contributed by atoms with Crippen molar-refractivity contribution in [1.29, 1.82) is 0 Å². The lowest BCUT2D eigenvalue weighted by Crippen LogP contribution is -2.40. The van der Waals surface area contributed by atoms with Gasteiger partial charge in [0.1, 0.15) is 5.82 Å². The van der Waals surface area contributed by atoms with Crippen LogP contribution < -0.4 is 0 Å². The number of morpholine rings is 1. The van der Waals surface area contributed by atoms with Gasteiger partial charge >= 0.3 is 0 Å². The fourth-order valence-electron chi connectivity index (χ4n) is 4.50. The molecule has 184 valence electrons. The molecule has 35 heavy (non-hydrogen) atoms. The maximum atomic E-state index is 13.1. The molecule has 10 heteroatoms. The lowest BCUT2D eigenvalue weighted by Gasteiger charge is -2.26. The van der Waals surface area contributed by atoms with Crippen molar-refractivity contribution in [2.75, 3.05) is 33.4 Å². The summed E-state index contributed by atoms with van der Waals surface area (Å²) in [4.78, 5) is 7.29. The Balaban J connectivity index is 1.35. The van der Waals surface area contributed by atoms with Crippen molar-refractivity contribution in [2.24, 2.45) is 0 Å². The third kappa shape index (κ3) is 4.87. The number of benzene rings is 2. The largest absolute Gasteiger partial charge is 0.379 e. The zero-order chi connectivity index (χ0) is 24.4. The highest BCUT2D eigenvalue weighted by molar-refractivity contribution is 7.89. The summed E-state index contributed by atoms with van der Waals surface area (Å²) in [6, 6.07) is 15.3. The number of aryl methyl sites for hydroxylation is 1. The molecule has 0 amide bonds. The second-order valence-electron chi connectivity index (χ2n) is 8.74. The topological polar surface area (TPSA) is 85.5 Å². The van der Waals surface area contributed by atoms with Crippen molar-refractivity contribution in [3.05, 3.63) is 72.3 Å². The second kappa shape index (κ2) is 9.90. The summed E-state index contributed by atoms with van der Waals surface area (Å²) in [5, 5.41) is 4.49. The Kier molecular flexibility index (Phi) is 6.70. The monoisotopic (exact) mass is 494 g/mol. The predicted molar refractivity (Wildman–Crippen MR) is 134 cm³/mol. The molecule has 0 saturated carbocycles. The summed E-state index contributed by atoms with van der Waals surface area (Å²) < 4.78 is 37.0. The number of aromatic nitrogens is 4. The van der Waals surface area contributed by atoms with Crippen molar-refractivity contribution in [1.82, 2.24) is 28.5 Å². The number of rotatable bonds is 8. The van der Waals surface area contributed by atoms with Crippen LogP contribution in [0.25, 0.3) is 16.7 Å². The highest BCUT2D eigenvalue weighted by atomic mass is 32.2. The normalized spacial score (nSPS) is 15.3. The minimum atomic E-state index is -3.56. The molecule has 1 aliphatic heterocycles. The maximum Gasteiger partial charge on any atom is 0.243 e. The molecule has 0 bridgehead atoms. The molecule has 2 aromatic carbocycles. The number of ether oxygens (including phenoxy) is 1. The quantitative estimate of drug-likeness (QED) is 0.375. The van der Waals surface area contributed by atoms with E-state index in [-0.39, 0.29) is 4.90 Å². The first-order valence-corrected chi connectivity index (χ1v) is 13.2. The van der Waals surface area contributed by atoms with Crippen LogP contribution in [0.15, 0.2) is 65.8 Å². The average Bonchev–Trinajstić information content (AvgIpc) is 3.48. The van der Waals surface area contributed by atoms with E-state index in [0.29, 0.717) is 38.4 Å². The van der Waals surface area contributed by atoms with Gasteiger partial charge in [-0.2, -0.15) is 9.40 Å². The molecule has 1 saturated heterocycles. The van der Waals surface area contributed by atoms with E-state index in [2.05, 4.69) is 21.5 Å². The number of para-hydroxylation sites is 1. The van der Waals surface area contributed by atoms with Gasteiger partial charge in [-0.1, -0.05) is 18.2 Å². The van der Waals surface area contributed by atoms with Crippen LogP contribution >= 0.6 is 0 Å². The summed E-state index contributed by atoms with van der Waals surface area (Å²) in [7, 11) is -1.51. The van der Waals surface area contributed by atoms with Gasteiger partial charge in [0.25, 0.3) is 0 Å². The van der Waals surface area contributed by atoms with E-state index < -0.39 is 10.0 Å². The molecule has 4 aromatic rings. The fraction of sp³-hybridized carbons (Fsp3) is 0.360. The van der Waals surface area contributed by atoms with Crippen molar-refractivity contribution in [2.45, 2.75) is 31.5 Å². The standard InChI is InChI=1S/C25H30N6O3S/c1-3-30-24-10-9-22(35(32,33)29-11-13-34-14-12-29)15-23(24)27-25(30)19-28(2)17-20-16-26-31(18-20)21-7-5-4-6-8-21/h4-10,15-16,18H,3,11-14,17,19H2,1-2H3. The Hall–Kier alpha value is -3.05. The number of fused-ring (bicyclic) bond motifs is 1. The molecule has 0 aliphatic carbocycles. The van der Waals surface area contributed by atoms with Crippen LogP contribution in [0.5, 0.6) is 0 Å². The van der Waals surface area contributed by atoms with E-state index in [1.165, 1.54) is 4.31 Å². The second-order valence-corrected chi connectivity index (χ2v) is 10.7. The Morgan fingerprint density at radius 1 is 1.06 bits per heavy atom. The third-order valence-electron chi connectivity index (χ3n) is 6.24. The first-order valence-electron chi connectivity index (χ1n) is 11.8. The Labute approximate surface area is 205 Å². The van der Waals surface area contributed by atoms with Gasteiger partial charge in [0.2, 0.25) is 10.0 Å². The molecule has 0 spiro atoms. The van der Waals surface area contributed by atoms with Crippen LogP contribution in [0.2, 0.25) is 0 Å².